The van der Waals surface area contributed by atoms with E-state index in [0.29, 0.717) is 5.02 Å². The van der Waals surface area contributed by atoms with Gasteiger partial charge >= 0.3 is 0 Å². The highest BCUT2D eigenvalue weighted by Gasteiger charge is 2.33. The molecule has 0 aliphatic carbocycles. The topological polar surface area (TPSA) is 53.8 Å². The number of benzene rings is 1. The molecule has 0 saturated heterocycles. The van der Waals surface area contributed by atoms with Crippen LogP contribution in [0.4, 0.5) is 5.69 Å². The third-order valence-electron chi connectivity index (χ3n) is 2.50. The number of halogens is 1. The molecule has 1 aromatic carbocycles. The van der Waals surface area contributed by atoms with Crippen LogP contribution in [-0.2, 0) is 4.79 Å². The van der Waals surface area contributed by atoms with Crippen molar-refractivity contribution in [2.75, 3.05) is 5.32 Å². The van der Waals surface area contributed by atoms with E-state index in [-0.39, 0.29) is 5.91 Å². The molecule has 1 unspecified atom stereocenters. The Labute approximate surface area is 90.7 Å². The van der Waals surface area contributed by atoms with Crippen LogP contribution in [0.1, 0.15) is 5.56 Å². The first-order valence-electron chi connectivity index (χ1n) is 4.47. The minimum absolute atomic E-state index is 0.264. The number of fused-ring (bicyclic) bond motifs is 3. The van der Waals surface area contributed by atoms with Crippen LogP contribution in [0.2, 0.25) is 5.02 Å². The highest BCUT2D eigenvalue weighted by Crippen LogP contribution is 2.38. The van der Waals surface area contributed by atoms with Gasteiger partial charge in [-0.15, -0.1) is 5.11 Å². The van der Waals surface area contributed by atoms with Gasteiger partial charge in [0.15, 0.2) is 0 Å². The SMILES string of the molecule is O=C1N=NC=C2c3cc(Cl)ccc3NC12. The van der Waals surface area contributed by atoms with Crippen LogP contribution < -0.4 is 5.32 Å². The molecule has 0 bridgehead atoms. The Kier molecular flexibility index (Phi) is 1.67. The molecule has 5 heteroatoms. The lowest BCUT2D eigenvalue weighted by atomic mass is 10.0. The predicted octanol–water partition coefficient (Wildman–Crippen LogP) is 2.47. The average molecular weight is 220 g/mol. The Morgan fingerprint density at radius 3 is 3.13 bits per heavy atom. The summed E-state index contributed by atoms with van der Waals surface area (Å²) in [6.07, 6.45) is 1.60. The molecule has 0 spiro atoms. The van der Waals surface area contributed by atoms with Crippen LogP contribution >= 0.6 is 11.6 Å². The number of carbonyl (C=O) groups is 1. The van der Waals surface area contributed by atoms with E-state index in [0.717, 1.165) is 16.8 Å². The quantitative estimate of drug-likeness (QED) is 0.729. The number of rotatable bonds is 0. The fourth-order valence-electron chi connectivity index (χ4n) is 1.81. The first-order valence-corrected chi connectivity index (χ1v) is 4.85. The Hall–Kier alpha value is -1.68. The molecule has 2 heterocycles. The number of nitrogens with one attached hydrogen (secondary N) is 1. The molecule has 0 aromatic heterocycles. The lowest BCUT2D eigenvalue weighted by Gasteiger charge is -2.09. The van der Waals surface area contributed by atoms with Gasteiger partial charge in [0.1, 0.15) is 6.04 Å². The third kappa shape index (κ3) is 1.18. The molecular weight excluding hydrogens is 214 g/mol. The summed E-state index contributed by atoms with van der Waals surface area (Å²) in [7, 11) is 0. The van der Waals surface area contributed by atoms with Crippen LogP contribution in [0, 0.1) is 0 Å². The number of carbonyl (C=O) groups excluding carboxylic acids is 1. The summed E-state index contributed by atoms with van der Waals surface area (Å²) in [5, 5.41) is 10.9. The fraction of sp³-hybridized carbons (Fsp3) is 0.100. The van der Waals surface area contributed by atoms with E-state index in [9.17, 15) is 4.79 Å². The van der Waals surface area contributed by atoms with Crippen molar-refractivity contribution < 1.29 is 4.79 Å². The second-order valence-electron chi connectivity index (χ2n) is 3.41. The lowest BCUT2D eigenvalue weighted by Crippen LogP contribution is -2.25. The molecule has 3 rings (SSSR count). The van der Waals surface area contributed by atoms with Gasteiger partial charge in [-0.3, -0.25) is 4.79 Å². The molecule has 1 atom stereocenters. The van der Waals surface area contributed by atoms with Crippen molar-refractivity contribution in [3.8, 4) is 0 Å². The minimum atomic E-state index is -0.393. The molecule has 2 aliphatic rings. The molecule has 74 valence electrons. The molecular formula is C10H6ClN3O. The monoisotopic (exact) mass is 219 g/mol. The molecule has 2 aliphatic heterocycles. The maximum atomic E-state index is 11.4. The Morgan fingerprint density at radius 2 is 2.27 bits per heavy atom. The zero-order chi connectivity index (χ0) is 10.4. The summed E-state index contributed by atoms with van der Waals surface area (Å²) in [4.78, 5) is 11.4. The summed E-state index contributed by atoms with van der Waals surface area (Å²) < 4.78 is 0. The zero-order valence-corrected chi connectivity index (χ0v) is 8.32. The van der Waals surface area contributed by atoms with Crippen LogP contribution in [0.3, 0.4) is 0 Å². The van der Waals surface area contributed by atoms with Crippen LogP contribution in [0.25, 0.3) is 5.57 Å². The largest absolute Gasteiger partial charge is 0.369 e. The van der Waals surface area contributed by atoms with E-state index in [1.807, 2.05) is 12.1 Å². The summed E-state index contributed by atoms with van der Waals surface area (Å²) in [6.45, 7) is 0. The van der Waals surface area contributed by atoms with Crippen molar-refractivity contribution in [1.82, 2.24) is 0 Å². The number of nitrogens with zero attached hydrogens (tertiary/aromatic N) is 2. The summed E-state index contributed by atoms with van der Waals surface area (Å²) in [5.41, 5.74) is 2.67. The van der Waals surface area contributed by atoms with Crippen LogP contribution in [0.15, 0.2) is 34.6 Å². The number of azo groups is 1. The van der Waals surface area contributed by atoms with Gasteiger partial charge in [-0.1, -0.05) is 11.6 Å². The first kappa shape index (κ1) is 8.61. The van der Waals surface area contributed by atoms with Crippen molar-refractivity contribution >= 4 is 28.8 Å². The fourth-order valence-corrected chi connectivity index (χ4v) is 1.99. The lowest BCUT2D eigenvalue weighted by molar-refractivity contribution is -0.118. The molecule has 0 fully saturated rings. The van der Waals surface area contributed by atoms with Gasteiger partial charge in [0.25, 0.3) is 5.91 Å². The normalized spacial score (nSPS) is 21.8. The van der Waals surface area contributed by atoms with Crippen molar-refractivity contribution in [1.29, 1.82) is 0 Å². The number of amides is 1. The molecule has 1 N–H and O–H groups in total. The van der Waals surface area contributed by atoms with E-state index in [1.54, 1.807) is 12.3 Å². The van der Waals surface area contributed by atoms with Crippen molar-refractivity contribution in [3.05, 3.63) is 35.0 Å². The van der Waals surface area contributed by atoms with E-state index in [2.05, 4.69) is 15.5 Å². The van der Waals surface area contributed by atoms with Gasteiger partial charge in [-0.05, 0) is 18.2 Å². The summed E-state index contributed by atoms with van der Waals surface area (Å²) in [6, 6.07) is 5.06. The first-order chi connectivity index (χ1) is 7.25. The molecule has 15 heavy (non-hydrogen) atoms. The second-order valence-corrected chi connectivity index (χ2v) is 3.84. The Bertz CT molecular complexity index is 521. The van der Waals surface area contributed by atoms with Gasteiger partial charge < -0.3 is 5.32 Å². The van der Waals surface area contributed by atoms with Gasteiger partial charge in [-0.25, -0.2) is 0 Å². The Balaban J connectivity index is 2.19. The maximum Gasteiger partial charge on any atom is 0.291 e. The average Bonchev–Trinajstić information content (AvgIpc) is 2.58. The van der Waals surface area contributed by atoms with Crippen molar-refractivity contribution in [3.63, 3.8) is 0 Å². The third-order valence-corrected chi connectivity index (χ3v) is 2.74. The molecule has 1 amide bonds. The van der Waals surface area contributed by atoms with Crippen LogP contribution in [0.5, 0.6) is 0 Å². The van der Waals surface area contributed by atoms with E-state index >= 15 is 0 Å². The van der Waals surface area contributed by atoms with Crippen molar-refractivity contribution in [2.45, 2.75) is 6.04 Å². The Morgan fingerprint density at radius 1 is 1.40 bits per heavy atom. The summed E-state index contributed by atoms with van der Waals surface area (Å²) in [5.74, 6) is -0.264. The number of hydrogen-bond acceptors (Lipinski definition) is 3. The molecule has 0 saturated carbocycles. The zero-order valence-electron chi connectivity index (χ0n) is 7.57. The smallest absolute Gasteiger partial charge is 0.291 e. The van der Waals surface area contributed by atoms with Gasteiger partial charge in [-0.2, -0.15) is 5.11 Å². The van der Waals surface area contributed by atoms with Gasteiger partial charge in [0.2, 0.25) is 0 Å². The molecule has 1 aromatic rings. The second kappa shape index (κ2) is 2.90. The highest BCUT2D eigenvalue weighted by molar-refractivity contribution is 6.31. The van der Waals surface area contributed by atoms with Crippen molar-refractivity contribution in [2.24, 2.45) is 10.2 Å². The van der Waals surface area contributed by atoms with E-state index < -0.39 is 6.04 Å². The van der Waals surface area contributed by atoms with E-state index in [4.69, 9.17) is 11.6 Å². The predicted molar refractivity (Wildman–Crippen MR) is 56.7 cm³/mol. The van der Waals surface area contributed by atoms with Gasteiger partial charge in [0.05, 0.1) is 6.20 Å². The minimum Gasteiger partial charge on any atom is -0.369 e. The highest BCUT2D eigenvalue weighted by atomic mass is 35.5. The van der Waals surface area contributed by atoms with Gasteiger partial charge in [0, 0.05) is 21.8 Å². The summed E-state index contributed by atoms with van der Waals surface area (Å²) >= 11 is 5.90. The van der Waals surface area contributed by atoms with E-state index in [1.165, 1.54) is 0 Å². The molecule has 4 nitrogen and oxygen atoms in total. The number of hydrogen-bond donors (Lipinski definition) is 1. The van der Waals surface area contributed by atoms with Crippen LogP contribution in [-0.4, -0.2) is 11.9 Å². The number of anilines is 1. The molecule has 0 radical (unpaired) electrons. The maximum absolute atomic E-state index is 11.4. The standard InChI is InChI=1S/C10H6ClN3O/c11-5-1-2-8-6(3-5)7-4-12-14-10(15)9(7)13-8/h1-4,9,13H.